The summed E-state index contributed by atoms with van der Waals surface area (Å²) in [4.78, 5) is 18.6. The van der Waals surface area contributed by atoms with E-state index in [4.69, 9.17) is 14.2 Å². The van der Waals surface area contributed by atoms with Crippen LogP contribution in [0.3, 0.4) is 0 Å². The van der Waals surface area contributed by atoms with Gasteiger partial charge in [-0.1, -0.05) is 0 Å². The van der Waals surface area contributed by atoms with Crippen molar-refractivity contribution in [2.75, 3.05) is 32.9 Å². The molecule has 4 rings (SSSR count). The molecule has 112 valence electrons. The molecule has 3 aliphatic rings. The number of carbonyl (C=O) groups excluding carboxylic acids is 1. The van der Waals surface area contributed by atoms with E-state index in [-0.39, 0.29) is 11.9 Å². The molecule has 2 atom stereocenters. The molecule has 0 aromatic carbocycles. The highest BCUT2D eigenvalue weighted by atomic mass is 16.6. The topological polar surface area (TPSA) is 60.9 Å². The monoisotopic (exact) mass is 290 g/mol. The largest absolute Gasteiger partial charge is 0.484 e. The van der Waals surface area contributed by atoms with Gasteiger partial charge in [-0.3, -0.25) is 9.69 Å². The standard InChI is InChI=1S/C15H18N2O4/c18-15-12-9-17(7-10(12)3-4-21-15)8-11-1-2-13-14(16-11)20-6-5-19-13/h1-2,10,12H,3-9H2/t10-,12+/m1/s1. The molecule has 0 saturated carbocycles. The maximum absolute atomic E-state index is 11.8. The first kappa shape index (κ1) is 12.9. The first-order chi connectivity index (χ1) is 10.3. The lowest BCUT2D eigenvalue weighted by Gasteiger charge is -2.22. The molecule has 6 nitrogen and oxygen atoms in total. The summed E-state index contributed by atoms with van der Waals surface area (Å²) in [5.41, 5.74) is 0.950. The van der Waals surface area contributed by atoms with Crippen LogP contribution in [0.25, 0.3) is 0 Å². The van der Waals surface area contributed by atoms with Crippen LogP contribution < -0.4 is 9.47 Å². The van der Waals surface area contributed by atoms with E-state index in [1.54, 1.807) is 0 Å². The minimum Gasteiger partial charge on any atom is -0.484 e. The molecule has 6 heteroatoms. The molecule has 0 bridgehead atoms. The summed E-state index contributed by atoms with van der Waals surface area (Å²) < 4.78 is 16.1. The molecule has 2 saturated heterocycles. The number of rotatable bonds is 2. The lowest BCUT2D eigenvalue weighted by molar-refractivity contribution is -0.154. The Hall–Kier alpha value is -1.82. The van der Waals surface area contributed by atoms with Crippen LogP contribution in [0, 0.1) is 11.8 Å². The fourth-order valence-electron chi connectivity index (χ4n) is 3.35. The Bertz CT molecular complexity index is 563. The Morgan fingerprint density at radius 1 is 1.14 bits per heavy atom. The van der Waals surface area contributed by atoms with Crippen LogP contribution in [-0.2, 0) is 16.1 Å². The average molecular weight is 290 g/mol. The number of aromatic nitrogens is 1. The van der Waals surface area contributed by atoms with Gasteiger partial charge in [0.2, 0.25) is 0 Å². The number of nitrogens with zero attached hydrogens (tertiary/aromatic N) is 2. The van der Waals surface area contributed by atoms with Crippen molar-refractivity contribution in [3.05, 3.63) is 17.8 Å². The van der Waals surface area contributed by atoms with E-state index in [2.05, 4.69) is 9.88 Å². The van der Waals surface area contributed by atoms with Gasteiger partial charge in [0.1, 0.15) is 13.2 Å². The maximum Gasteiger partial charge on any atom is 0.310 e. The zero-order valence-electron chi connectivity index (χ0n) is 11.8. The predicted octanol–water partition coefficient (Wildman–Crippen LogP) is 0.848. The maximum atomic E-state index is 11.8. The number of esters is 1. The van der Waals surface area contributed by atoms with Crippen molar-refractivity contribution >= 4 is 5.97 Å². The highest BCUT2D eigenvalue weighted by Crippen LogP contribution is 2.32. The normalized spacial score (nSPS) is 28.1. The second kappa shape index (κ2) is 5.18. The number of pyridine rings is 1. The van der Waals surface area contributed by atoms with Gasteiger partial charge in [0.05, 0.1) is 18.2 Å². The molecule has 1 aromatic rings. The second-order valence-corrected chi connectivity index (χ2v) is 5.82. The van der Waals surface area contributed by atoms with E-state index in [9.17, 15) is 4.79 Å². The van der Waals surface area contributed by atoms with Crippen LogP contribution in [0.1, 0.15) is 12.1 Å². The van der Waals surface area contributed by atoms with E-state index in [1.807, 2.05) is 12.1 Å². The molecular formula is C15H18N2O4. The quantitative estimate of drug-likeness (QED) is 0.753. The Morgan fingerprint density at radius 3 is 2.95 bits per heavy atom. The van der Waals surface area contributed by atoms with Crippen molar-refractivity contribution < 1.29 is 19.0 Å². The minimum atomic E-state index is -0.0381. The van der Waals surface area contributed by atoms with Gasteiger partial charge < -0.3 is 14.2 Å². The van der Waals surface area contributed by atoms with Crippen molar-refractivity contribution in [3.63, 3.8) is 0 Å². The minimum absolute atomic E-state index is 0.0379. The van der Waals surface area contributed by atoms with E-state index >= 15 is 0 Å². The van der Waals surface area contributed by atoms with E-state index in [1.165, 1.54) is 0 Å². The smallest absolute Gasteiger partial charge is 0.310 e. The van der Waals surface area contributed by atoms with Crippen LogP contribution in [-0.4, -0.2) is 48.8 Å². The molecule has 2 fully saturated rings. The van der Waals surface area contributed by atoms with Crippen molar-refractivity contribution in [1.29, 1.82) is 0 Å². The molecule has 0 amide bonds. The molecule has 0 spiro atoms. The van der Waals surface area contributed by atoms with Crippen LogP contribution in [0.15, 0.2) is 12.1 Å². The van der Waals surface area contributed by atoms with E-state index < -0.39 is 0 Å². The third-order valence-electron chi connectivity index (χ3n) is 4.40. The third-order valence-corrected chi connectivity index (χ3v) is 4.40. The fraction of sp³-hybridized carbons (Fsp3) is 0.600. The zero-order chi connectivity index (χ0) is 14.2. The van der Waals surface area contributed by atoms with Gasteiger partial charge in [-0.2, -0.15) is 0 Å². The van der Waals surface area contributed by atoms with Gasteiger partial charge in [-0.15, -0.1) is 0 Å². The Labute approximate surface area is 123 Å². The average Bonchev–Trinajstić information content (AvgIpc) is 2.91. The fourth-order valence-corrected chi connectivity index (χ4v) is 3.35. The van der Waals surface area contributed by atoms with E-state index in [0.717, 1.165) is 31.7 Å². The van der Waals surface area contributed by atoms with Gasteiger partial charge in [0, 0.05) is 19.6 Å². The molecule has 0 aliphatic carbocycles. The van der Waals surface area contributed by atoms with Crippen molar-refractivity contribution in [3.8, 4) is 11.6 Å². The lowest BCUT2D eigenvalue weighted by atomic mass is 9.91. The number of hydrogen-bond donors (Lipinski definition) is 0. The summed E-state index contributed by atoms with van der Waals surface area (Å²) in [7, 11) is 0. The molecule has 0 unspecified atom stereocenters. The summed E-state index contributed by atoms with van der Waals surface area (Å²) in [6.45, 7) is 4.12. The SMILES string of the molecule is O=C1OCC[C@@H]2CN(Cc3ccc4c(n3)OCCO4)C[C@H]12. The van der Waals surface area contributed by atoms with Gasteiger partial charge in [-0.25, -0.2) is 4.98 Å². The summed E-state index contributed by atoms with van der Waals surface area (Å²) in [6.07, 6.45) is 0.974. The van der Waals surface area contributed by atoms with Gasteiger partial charge in [0.15, 0.2) is 5.75 Å². The summed E-state index contributed by atoms with van der Waals surface area (Å²) in [5, 5.41) is 0. The van der Waals surface area contributed by atoms with Crippen molar-refractivity contribution in [2.45, 2.75) is 13.0 Å². The second-order valence-electron chi connectivity index (χ2n) is 5.82. The van der Waals surface area contributed by atoms with Gasteiger partial charge in [-0.05, 0) is 24.5 Å². The predicted molar refractivity (Wildman–Crippen MR) is 73.1 cm³/mol. The summed E-state index contributed by atoms with van der Waals surface area (Å²) in [6, 6.07) is 3.88. The molecule has 3 aliphatic heterocycles. The first-order valence-corrected chi connectivity index (χ1v) is 7.44. The molecule has 21 heavy (non-hydrogen) atoms. The van der Waals surface area contributed by atoms with Crippen molar-refractivity contribution in [2.24, 2.45) is 11.8 Å². The number of ether oxygens (including phenoxy) is 3. The number of carbonyl (C=O) groups is 1. The number of likely N-dealkylation sites (tertiary alicyclic amines) is 1. The van der Waals surface area contributed by atoms with Gasteiger partial charge >= 0.3 is 5.97 Å². The summed E-state index contributed by atoms with van der Waals surface area (Å²) >= 11 is 0. The third kappa shape index (κ3) is 2.44. The van der Waals surface area contributed by atoms with Crippen LogP contribution >= 0.6 is 0 Å². The number of hydrogen-bond acceptors (Lipinski definition) is 6. The highest BCUT2D eigenvalue weighted by Gasteiger charge is 2.41. The Kier molecular flexibility index (Phi) is 3.18. The molecular weight excluding hydrogens is 272 g/mol. The highest BCUT2D eigenvalue weighted by molar-refractivity contribution is 5.74. The zero-order valence-corrected chi connectivity index (χ0v) is 11.8. The number of fused-ring (bicyclic) bond motifs is 2. The Balaban J connectivity index is 1.46. The van der Waals surface area contributed by atoms with Crippen molar-refractivity contribution in [1.82, 2.24) is 9.88 Å². The first-order valence-electron chi connectivity index (χ1n) is 7.44. The van der Waals surface area contributed by atoms with Gasteiger partial charge in [0.25, 0.3) is 5.88 Å². The van der Waals surface area contributed by atoms with E-state index in [0.29, 0.717) is 37.4 Å². The molecule has 1 aromatic heterocycles. The molecule has 4 heterocycles. The van der Waals surface area contributed by atoms with Crippen LogP contribution in [0.2, 0.25) is 0 Å². The summed E-state index contributed by atoms with van der Waals surface area (Å²) in [5.74, 6) is 1.72. The Morgan fingerprint density at radius 2 is 2.05 bits per heavy atom. The number of cyclic esters (lactones) is 1. The molecule has 0 N–H and O–H groups in total. The molecule has 0 radical (unpaired) electrons. The van der Waals surface area contributed by atoms with Crippen LogP contribution in [0.5, 0.6) is 11.6 Å². The van der Waals surface area contributed by atoms with Crippen LogP contribution in [0.4, 0.5) is 0 Å². The lowest BCUT2D eigenvalue weighted by Crippen LogP contribution is -2.31.